The van der Waals surface area contributed by atoms with Crippen molar-refractivity contribution < 1.29 is 50.6 Å². The summed E-state index contributed by atoms with van der Waals surface area (Å²) in [6.45, 7) is 1.82. The average molecular weight is 946 g/mol. The van der Waals surface area contributed by atoms with Crippen molar-refractivity contribution in [3.05, 3.63) is 106 Å². The molecule has 0 aliphatic carbocycles. The van der Waals surface area contributed by atoms with E-state index in [2.05, 4.69) is 19.7 Å². The zero-order valence-corrected chi connectivity index (χ0v) is 37.4. The summed E-state index contributed by atoms with van der Waals surface area (Å²) >= 11 is 12.2. The van der Waals surface area contributed by atoms with Crippen molar-refractivity contribution in [3.8, 4) is 0 Å². The van der Waals surface area contributed by atoms with E-state index in [1.54, 1.807) is 32.5 Å². The van der Waals surface area contributed by atoms with E-state index in [1.807, 2.05) is 35.2 Å². The maximum absolute atomic E-state index is 13.2. The van der Waals surface area contributed by atoms with Gasteiger partial charge < -0.3 is 34.6 Å². The highest BCUT2D eigenvalue weighted by Gasteiger charge is 2.38. The Kier molecular flexibility index (Phi) is 15.1. The van der Waals surface area contributed by atoms with Gasteiger partial charge in [-0.25, -0.2) is 35.9 Å². The predicted octanol–water partition coefficient (Wildman–Crippen LogP) is 5.47. The first kappa shape index (κ1) is 46.9. The van der Waals surface area contributed by atoms with Gasteiger partial charge in [0.2, 0.25) is 11.8 Å². The van der Waals surface area contributed by atoms with E-state index in [0.29, 0.717) is 40.9 Å². The van der Waals surface area contributed by atoms with Gasteiger partial charge in [0.15, 0.2) is 0 Å². The lowest BCUT2D eigenvalue weighted by molar-refractivity contribution is -0.118. The monoisotopic (exact) mass is 944 g/mol. The molecule has 0 saturated carbocycles. The van der Waals surface area contributed by atoms with Gasteiger partial charge in [-0.2, -0.15) is 0 Å². The number of sulfonamides is 2. The van der Waals surface area contributed by atoms with E-state index >= 15 is 0 Å². The molecule has 21 heteroatoms. The molecule has 4 amide bonds. The van der Waals surface area contributed by atoms with Gasteiger partial charge in [0.1, 0.15) is 12.1 Å². The van der Waals surface area contributed by atoms with Crippen LogP contribution in [-0.4, -0.2) is 98.5 Å². The molecule has 4 aromatic rings. The predicted molar refractivity (Wildman–Crippen MR) is 237 cm³/mol. The summed E-state index contributed by atoms with van der Waals surface area (Å²) in [5.41, 5.74) is 5.14. The third kappa shape index (κ3) is 11.1. The Bertz CT molecular complexity index is 2570. The van der Waals surface area contributed by atoms with Crippen LogP contribution in [-0.2, 0) is 52.0 Å². The lowest BCUT2D eigenvalue weighted by Crippen LogP contribution is -2.47. The molecule has 0 bridgehead atoms. The molecule has 0 aromatic heterocycles. The van der Waals surface area contributed by atoms with Crippen LogP contribution in [0.5, 0.6) is 0 Å². The SMILES string of the molecule is COC(=O)NS(=O)(=O)c1ccc(N2CC[C@H](N3CCCc4cc(Cl)ccc43)C2=O)cc1.COC(=O)NS(=O)(=O)c1ccc(NC(=O)[C@@H](CCO)N2CCCc3cc(Cl)ccc32)cc1. The fourth-order valence-electron chi connectivity index (χ4n) is 7.77. The Labute approximate surface area is 375 Å². The summed E-state index contributed by atoms with van der Waals surface area (Å²) in [6, 6.07) is 21.6. The second-order valence-corrected chi connectivity index (χ2v) is 18.9. The highest BCUT2D eigenvalue weighted by Crippen LogP contribution is 2.35. The summed E-state index contributed by atoms with van der Waals surface area (Å²) in [5, 5.41) is 13.6. The highest BCUT2D eigenvalue weighted by atomic mass is 35.5. The summed E-state index contributed by atoms with van der Waals surface area (Å²) < 4.78 is 60.8. The molecule has 2 atom stereocenters. The standard InChI is InChI=1S/C21H24ClN3O6S.C21H22ClN3O5S/c1-31-21(28)24-32(29,30)17-7-5-16(6-8-17)23-20(27)19(10-12-26)25-11-2-3-14-13-15(22)4-9-18(14)25;1-30-21(27)23-31(28,29)17-7-5-16(6-8-17)24-12-10-19(20(24)26)25-11-2-3-14-13-15(22)4-9-18(14)25/h4-9,13,19,26H,2-3,10-12H2,1H3,(H,23,27)(H,24,28);4-9,13,19H,2-3,10-12H2,1H3,(H,23,27)/t2*19-/m10/s1. The normalized spacial score (nSPS) is 16.4. The van der Waals surface area contributed by atoms with E-state index in [1.165, 1.54) is 36.4 Å². The van der Waals surface area contributed by atoms with E-state index in [-0.39, 0.29) is 40.7 Å². The Morgan fingerprint density at radius 1 is 0.746 bits per heavy atom. The van der Waals surface area contributed by atoms with Gasteiger partial charge in [-0.1, -0.05) is 23.2 Å². The Morgan fingerprint density at radius 2 is 1.27 bits per heavy atom. The van der Waals surface area contributed by atoms with E-state index in [9.17, 15) is 41.1 Å². The number of rotatable bonds is 11. The molecule has 336 valence electrons. The van der Waals surface area contributed by atoms with E-state index in [4.69, 9.17) is 23.2 Å². The number of aryl methyl sites for hydroxylation is 2. The number of anilines is 4. The lowest BCUT2D eigenvalue weighted by Gasteiger charge is -2.37. The zero-order valence-electron chi connectivity index (χ0n) is 34.3. The number of methoxy groups -OCH3 is 2. The Balaban J connectivity index is 0.000000210. The lowest BCUT2D eigenvalue weighted by atomic mass is 9.98. The van der Waals surface area contributed by atoms with Crippen molar-refractivity contribution in [1.82, 2.24) is 9.44 Å². The van der Waals surface area contributed by atoms with Gasteiger partial charge in [-0.15, -0.1) is 0 Å². The first-order valence-electron chi connectivity index (χ1n) is 19.8. The van der Waals surface area contributed by atoms with Crippen molar-refractivity contribution in [3.63, 3.8) is 0 Å². The van der Waals surface area contributed by atoms with Crippen LogP contribution in [0.1, 0.15) is 36.8 Å². The molecule has 0 unspecified atom stereocenters. The number of ether oxygens (including phenoxy) is 2. The van der Waals surface area contributed by atoms with Crippen LogP contribution < -0.4 is 29.5 Å². The summed E-state index contributed by atoms with van der Waals surface area (Å²) in [5.74, 6) is -0.351. The molecule has 0 spiro atoms. The maximum Gasteiger partial charge on any atom is 0.420 e. The van der Waals surface area contributed by atoms with Gasteiger partial charge in [0.25, 0.3) is 20.0 Å². The number of amides is 4. The molecule has 3 aliphatic heterocycles. The Hall–Kier alpha value is -5.60. The van der Waals surface area contributed by atoms with Gasteiger partial charge in [0, 0.05) is 59.0 Å². The average Bonchev–Trinajstić information content (AvgIpc) is 3.65. The molecular formula is C42H46Cl2N6O11S2. The molecule has 7 rings (SSSR count). The molecule has 0 radical (unpaired) electrons. The van der Waals surface area contributed by atoms with Crippen LogP contribution in [0, 0.1) is 0 Å². The summed E-state index contributed by atoms with van der Waals surface area (Å²) in [4.78, 5) is 54.2. The largest absolute Gasteiger partial charge is 0.452 e. The summed E-state index contributed by atoms with van der Waals surface area (Å²) in [6.07, 6.45) is 2.33. The zero-order chi connectivity index (χ0) is 45.5. The van der Waals surface area contributed by atoms with Crippen molar-refractivity contribution in [2.75, 3.05) is 60.5 Å². The number of aliphatic hydroxyl groups is 1. The molecule has 1 fully saturated rings. The first-order valence-corrected chi connectivity index (χ1v) is 23.5. The molecule has 4 N–H and O–H groups in total. The van der Waals surface area contributed by atoms with Crippen LogP contribution >= 0.6 is 23.2 Å². The number of halogens is 2. The molecule has 3 heterocycles. The van der Waals surface area contributed by atoms with Crippen molar-refractivity contribution in [1.29, 1.82) is 0 Å². The highest BCUT2D eigenvalue weighted by molar-refractivity contribution is 7.90. The van der Waals surface area contributed by atoms with Crippen LogP contribution in [0.25, 0.3) is 0 Å². The number of nitrogens with one attached hydrogen (secondary N) is 3. The van der Waals surface area contributed by atoms with Crippen LogP contribution in [0.2, 0.25) is 10.0 Å². The number of hydrogen-bond donors (Lipinski definition) is 4. The van der Waals surface area contributed by atoms with Crippen LogP contribution in [0.3, 0.4) is 0 Å². The van der Waals surface area contributed by atoms with E-state index in [0.717, 1.165) is 68.9 Å². The number of hydrogen-bond acceptors (Lipinski definition) is 13. The van der Waals surface area contributed by atoms with Crippen molar-refractivity contribution in [2.24, 2.45) is 0 Å². The van der Waals surface area contributed by atoms with Gasteiger partial charge in [-0.3, -0.25) is 9.59 Å². The van der Waals surface area contributed by atoms with E-state index < -0.39 is 38.3 Å². The quantitative estimate of drug-likeness (QED) is 0.147. The minimum atomic E-state index is -4.09. The Morgan fingerprint density at radius 3 is 1.83 bits per heavy atom. The number of benzene rings is 4. The number of aliphatic hydroxyl groups excluding tert-OH is 1. The molecule has 17 nitrogen and oxygen atoms in total. The molecular weight excluding hydrogens is 900 g/mol. The second-order valence-electron chi connectivity index (χ2n) is 14.7. The maximum atomic E-state index is 13.2. The van der Waals surface area contributed by atoms with Crippen LogP contribution in [0.4, 0.5) is 32.3 Å². The third-order valence-electron chi connectivity index (χ3n) is 10.7. The second kappa shape index (κ2) is 20.3. The molecule has 3 aliphatic rings. The third-order valence-corrected chi connectivity index (χ3v) is 13.9. The number of carbonyl (C=O) groups excluding carboxylic acids is 4. The minimum Gasteiger partial charge on any atom is -0.452 e. The van der Waals surface area contributed by atoms with Gasteiger partial charge in [0.05, 0.1) is 24.0 Å². The smallest absolute Gasteiger partial charge is 0.420 e. The number of fused-ring (bicyclic) bond motifs is 2. The van der Waals surface area contributed by atoms with Gasteiger partial charge in [-0.05, 0) is 135 Å². The first-order chi connectivity index (χ1) is 30.0. The molecule has 1 saturated heterocycles. The van der Waals surface area contributed by atoms with Gasteiger partial charge >= 0.3 is 12.2 Å². The summed E-state index contributed by atoms with van der Waals surface area (Å²) in [7, 11) is -5.98. The number of nitrogens with zero attached hydrogens (tertiary/aromatic N) is 3. The fourth-order valence-corrected chi connectivity index (χ4v) is 9.99. The minimum absolute atomic E-state index is 0.0221. The van der Waals surface area contributed by atoms with Crippen molar-refractivity contribution in [2.45, 2.75) is 60.4 Å². The number of carbonyl (C=O) groups is 4. The molecule has 4 aromatic carbocycles. The topological polar surface area (TPSA) is 221 Å². The fraction of sp³-hybridized carbons (Fsp3) is 0.333. The van der Waals surface area contributed by atoms with Crippen LogP contribution in [0.15, 0.2) is 94.7 Å². The molecule has 63 heavy (non-hydrogen) atoms. The van der Waals surface area contributed by atoms with Crippen molar-refractivity contribution >= 4 is 90.0 Å².